The fourth-order valence-corrected chi connectivity index (χ4v) is 2.76. The van der Waals surface area contributed by atoms with E-state index in [2.05, 4.69) is 15.1 Å². The molecule has 0 spiro atoms. The number of piperidine rings is 1. The van der Waals surface area contributed by atoms with Gasteiger partial charge >= 0.3 is 0 Å². The van der Waals surface area contributed by atoms with Gasteiger partial charge in [0.2, 0.25) is 0 Å². The number of aliphatic hydroxyl groups is 1. The topological polar surface area (TPSA) is 38.7 Å². The van der Waals surface area contributed by atoms with Crippen LogP contribution in [0.2, 0.25) is 0 Å². The van der Waals surface area contributed by atoms with Gasteiger partial charge in [-0.1, -0.05) is 0 Å². The van der Waals surface area contributed by atoms with Gasteiger partial charge in [0.15, 0.2) is 0 Å². The van der Waals surface area contributed by atoms with E-state index < -0.39 is 0 Å². The molecule has 0 aromatic carbocycles. The summed E-state index contributed by atoms with van der Waals surface area (Å²) in [6, 6.07) is 0. The van der Waals surface area contributed by atoms with Crippen molar-refractivity contribution in [2.24, 2.45) is 0 Å². The number of likely N-dealkylation sites (tertiary alicyclic amines) is 1. The van der Waals surface area contributed by atoms with E-state index in [9.17, 15) is 0 Å². The summed E-state index contributed by atoms with van der Waals surface area (Å²) in [7, 11) is 0. The molecule has 2 heterocycles. The van der Waals surface area contributed by atoms with Crippen LogP contribution in [-0.4, -0.2) is 66.9 Å². The van der Waals surface area contributed by atoms with Gasteiger partial charge in [-0.05, 0) is 25.8 Å². The first-order chi connectivity index (χ1) is 7.42. The second-order valence-corrected chi connectivity index (χ2v) is 4.52. The number of nitrogens with zero attached hydrogens (tertiary/aromatic N) is 2. The lowest BCUT2D eigenvalue weighted by atomic mass is 10.1. The molecule has 0 aromatic rings. The molecule has 2 fully saturated rings. The number of hydrogen-bond acceptors (Lipinski definition) is 4. The van der Waals surface area contributed by atoms with E-state index in [1.165, 1.54) is 19.3 Å². The van der Waals surface area contributed by atoms with Crippen LogP contribution in [0.15, 0.2) is 0 Å². The highest BCUT2D eigenvalue weighted by Crippen LogP contribution is 2.20. The highest BCUT2D eigenvalue weighted by molar-refractivity contribution is 4.80. The second-order valence-electron chi connectivity index (χ2n) is 4.52. The number of aliphatic hydroxyl groups excluding tert-OH is 1. The van der Waals surface area contributed by atoms with E-state index in [0.29, 0.717) is 12.8 Å². The molecule has 88 valence electrons. The molecule has 4 nitrogen and oxygen atoms in total. The van der Waals surface area contributed by atoms with Crippen molar-refractivity contribution in [3.63, 3.8) is 0 Å². The van der Waals surface area contributed by atoms with E-state index in [-0.39, 0.29) is 0 Å². The van der Waals surface area contributed by atoms with Crippen molar-refractivity contribution in [3.05, 3.63) is 0 Å². The van der Waals surface area contributed by atoms with Crippen molar-refractivity contribution in [1.29, 1.82) is 0 Å². The molecule has 15 heavy (non-hydrogen) atoms. The van der Waals surface area contributed by atoms with Gasteiger partial charge in [0.05, 0.1) is 12.8 Å². The molecule has 0 bridgehead atoms. The van der Waals surface area contributed by atoms with E-state index in [4.69, 9.17) is 5.11 Å². The molecule has 0 radical (unpaired) electrons. The van der Waals surface area contributed by atoms with Gasteiger partial charge in [-0.25, -0.2) is 0 Å². The van der Waals surface area contributed by atoms with Crippen molar-refractivity contribution in [1.82, 2.24) is 15.1 Å². The first kappa shape index (κ1) is 11.3. The third-order valence-electron chi connectivity index (χ3n) is 3.54. The molecule has 0 saturated carbocycles. The zero-order valence-electron chi connectivity index (χ0n) is 9.49. The Hall–Kier alpha value is -0.160. The molecular weight excluding hydrogens is 190 g/mol. The number of nitrogens with one attached hydrogen (secondary N) is 1. The predicted octanol–water partition coefficient (Wildman–Crippen LogP) is -0.304. The van der Waals surface area contributed by atoms with E-state index >= 15 is 0 Å². The summed E-state index contributed by atoms with van der Waals surface area (Å²) in [4.78, 5) is 5.03. The summed E-state index contributed by atoms with van der Waals surface area (Å²) in [6.07, 6.45) is 4.51. The lowest BCUT2D eigenvalue weighted by Crippen LogP contribution is -2.56. The highest BCUT2D eigenvalue weighted by atomic mass is 16.3. The predicted molar refractivity (Wildman–Crippen MR) is 60.7 cm³/mol. The average molecular weight is 213 g/mol. The fraction of sp³-hybridized carbons (Fsp3) is 1.00. The van der Waals surface area contributed by atoms with Gasteiger partial charge in [0.1, 0.15) is 0 Å². The minimum atomic E-state index is 0.294. The highest BCUT2D eigenvalue weighted by Gasteiger charge is 2.27. The maximum absolute atomic E-state index is 9.06. The molecule has 2 N–H and O–H groups in total. The first-order valence-corrected chi connectivity index (χ1v) is 6.21. The molecule has 0 aliphatic carbocycles. The van der Waals surface area contributed by atoms with Crippen LogP contribution >= 0.6 is 0 Å². The Kier molecular flexibility index (Phi) is 4.38. The SMILES string of the molecule is OCCN1CCCCC1N1CCNCC1. The normalized spacial score (nSPS) is 30.6. The van der Waals surface area contributed by atoms with Crippen molar-refractivity contribution < 1.29 is 5.11 Å². The minimum absolute atomic E-state index is 0.294. The number of β-amino-alcohol motifs (C(OH)–C–C–N with tert-alkyl or cyclic N) is 1. The fourth-order valence-electron chi connectivity index (χ4n) is 2.76. The van der Waals surface area contributed by atoms with Crippen molar-refractivity contribution in [3.8, 4) is 0 Å². The van der Waals surface area contributed by atoms with Crippen molar-refractivity contribution >= 4 is 0 Å². The molecule has 1 atom stereocenters. The minimum Gasteiger partial charge on any atom is -0.395 e. The quantitative estimate of drug-likeness (QED) is 0.675. The maximum atomic E-state index is 9.06. The summed E-state index contributed by atoms with van der Waals surface area (Å²) in [5.41, 5.74) is 0. The van der Waals surface area contributed by atoms with Gasteiger partial charge < -0.3 is 10.4 Å². The molecule has 4 heteroatoms. The number of hydrogen-bond donors (Lipinski definition) is 2. The Morgan fingerprint density at radius 1 is 1.13 bits per heavy atom. The molecule has 2 saturated heterocycles. The first-order valence-electron chi connectivity index (χ1n) is 6.21. The zero-order valence-corrected chi connectivity index (χ0v) is 9.49. The number of rotatable bonds is 3. The Morgan fingerprint density at radius 3 is 2.67 bits per heavy atom. The van der Waals surface area contributed by atoms with Crippen LogP contribution in [0.4, 0.5) is 0 Å². The average Bonchev–Trinajstić information content (AvgIpc) is 2.31. The molecular formula is C11H23N3O. The Bertz CT molecular complexity index is 170. The molecule has 0 amide bonds. The molecule has 2 aliphatic rings. The standard InChI is InChI=1S/C11H23N3O/c15-10-9-13-6-2-1-3-11(13)14-7-4-12-5-8-14/h11-12,15H,1-10H2. The zero-order chi connectivity index (χ0) is 10.5. The van der Waals surface area contributed by atoms with Crippen LogP contribution in [0.25, 0.3) is 0 Å². The Balaban J connectivity index is 1.90. The monoisotopic (exact) mass is 213 g/mol. The third kappa shape index (κ3) is 2.91. The summed E-state index contributed by atoms with van der Waals surface area (Å²) in [6.45, 7) is 6.85. The lowest BCUT2D eigenvalue weighted by molar-refractivity contribution is -0.00157. The van der Waals surface area contributed by atoms with Crippen LogP contribution in [0.1, 0.15) is 19.3 Å². The van der Waals surface area contributed by atoms with Crippen molar-refractivity contribution in [2.75, 3.05) is 45.9 Å². The Labute approximate surface area is 92.2 Å². The van der Waals surface area contributed by atoms with Crippen LogP contribution in [0.5, 0.6) is 0 Å². The van der Waals surface area contributed by atoms with Crippen LogP contribution < -0.4 is 5.32 Å². The van der Waals surface area contributed by atoms with E-state index in [0.717, 1.165) is 39.3 Å². The van der Waals surface area contributed by atoms with Crippen molar-refractivity contribution in [2.45, 2.75) is 25.4 Å². The van der Waals surface area contributed by atoms with E-state index in [1.54, 1.807) is 0 Å². The summed E-state index contributed by atoms with van der Waals surface area (Å²) < 4.78 is 0. The Morgan fingerprint density at radius 2 is 1.93 bits per heavy atom. The summed E-state index contributed by atoms with van der Waals surface area (Å²) in [5, 5.41) is 12.5. The van der Waals surface area contributed by atoms with Gasteiger partial charge in [0, 0.05) is 32.7 Å². The summed E-state index contributed by atoms with van der Waals surface area (Å²) in [5.74, 6) is 0. The largest absolute Gasteiger partial charge is 0.395 e. The molecule has 2 aliphatic heterocycles. The lowest BCUT2D eigenvalue weighted by Gasteiger charge is -2.44. The smallest absolute Gasteiger partial charge is 0.0624 e. The maximum Gasteiger partial charge on any atom is 0.0624 e. The van der Waals surface area contributed by atoms with Gasteiger partial charge in [-0.3, -0.25) is 9.80 Å². The van der Waals surface area contributed by atoms with Gasteiger partial charge in [-0.15, -0.1) is 0 Å². The molecule has 0 aromatic heterocycles. The molecule has 1 unspecified atom stereocenters. The number of piperazine rings is 1. The van der Waals surface area contributed by atoms with E-state index in [1.807, 2.05) is 0 Å². The third-order valence-corrected chi connectivity index (χ3v) is 3.54. The van der Waals surface area contributed by atoms with Crippen LogP contribution in [-0.2, 0) is 0 Å². The van der Waals surface area contributed by atoms with Gasteiger partial charge in [-0.2, -0.15) is 0 Å². The molecule has 2 rings (SSSR count). The van der Waals surface area contributed by atoms with Crippen LogP contribution in [0.3, 0.4) is 0 Å². The van der Waals surface area contributed by atoms with Gasteiger partial charge in [0.25, 0.3) is 0 Å². The second kappa shape index (κ2) is 5.80. The summed E-state index contributed by atoms with van der Waals surface area (Å²) >= 11 is 0. The van der Waals surface area contributed by atoms with Crippen LogP contribution in [0, 0.1) is 0 Å².